The minimum Gasteiger partial charge on any atom is -0.496 e. The highest BCUT2D eigenvalue weighted by molar-refractivity contribution is 6.31. The Balaban J connectivity index is 1.54. The molecule has 0 unspecified atom stereocenters. The summed E-state index contributed by atoms with van der Waals surface area (Å²) >= 11 is 6.22. The monoisotopic (exact) mass is 424 g/mol. The topological polar surface area (TPSA) is 72.9 Å². The van der Waals surface area contributed by atoms with Crippen LogP contribution in [0, 0.1) is 12.9 Å². The maximum Gasteiger partial charge on any atom is 0.212 e. The Morgan fingerprint density at radius 3 is 2.63 bits per heavy atom. The maximum atomic E-state index is 13.0. The number of hydrogen-bond acceptors (Lipinski definition) is 5. The molecule has 8 heteroatoms. The Labute approximate surface area is 177 Å². The zero-order valence-corrected chi connectivity index (χ0v) is 17.1. The third kappa shape index (κ3) is 4.26. The number of aromatic amines is 1. The Bertz CT molecular complexity index is 1180. The van der Waals surface area contributed by atoms with Crippen molar-refractivity contribution in [3.8, 4) is 34.1 Å². The summed E-state index contributed by atoms with van der Waals surface area (Å²) in [6.07, 6.45) is 4.87. The van der Waals surface area contributed by atoms with Gasteiger partial charge in [-0.3, -0.25) is 4.98 Å². The number of nitrogens with one attached hydrogen (secondary N) is 1. The summed E-state index contributed by atoms with van der Waals surface area (Å²) in [6.45, 7) is 2.17. The van der Waals surface area contributed by atoms with Crippen LogP contribution in [0.2, 0.25) is 5.02 Å². The first-order chi connectivity index (χ1) is 14.5. The molecule has 0 fully saturated rings. The van der Waals surface area contributed by atoms with Gasteiger partial charge in [0.2, 0.25) is 5.95 Å². The first-order valence-electron chi connectivity index (χ1n) is 9.12. The number of aryl methyl sites for hydroxylation is 1. The second-order valence-electron chi connectivity index (χ2n) is 6.61. The Kier molecular flexibility index (Phi) is 5.63. The third-order valence-corrected chi connectivity index (χ3v) is 4.80. The van der Waals surface area contributed by atoms with E-state index in [4.69, 9.17) is 21.1 Å². The van der Waals surface area contributed by atoms with E-state index in [9.17, 15) is 4.39 Å². The van der Waals surface area contributed by atoms with Gasteiger partial charge in [0, 0.05) is 29.6 Å². The van der Waals surface area contributed by atoms with Crippen LogP contribution in [0.1, 0.15) is 11.3 Å². The van der Waals surface area contributed by atoms with Crippen molar-refractivity contribution < 1.29 is 13.9 Å². The molecule has 0 aliphatic rings. The molecule has 0 saturated heterocycles. The third-order valence-electron chi connectivity index (χ3n) is 4.47. The molecule has 1 aromatic carbocycles. The Morgan fingerprint density at radius 1 is 1.03 bits per heavy atom. The standard InChI is InChI=1S/C22H18ClFN4O2/c1-13-7-17(23)19(25-9-13)12-30-15-4-5-16(20(8-15)29-2)18-11-27-22(28-18)14-3-6-21(24)26-10-14/h3-11H,12H2,1-2H3,(H,27,28). The summed E-state index contributed by atoms with van der Waals surface area (Å²) in [5.74, 6) is 1.28. The van der Waals surface area contributed by atoms with Crippen LogP contribution in [0.4, 0.5) is 4.39 Å². The van der Waals surface area contributed by atoms with Gasteiger partial charge in [-0.2, -0.15) is 4.39 Å². The summed E-state index contributed by atoms with van der Waals surface area (Å²) in [6, 6.07) is 10.3. The van der Waals surface area contributed by atoms with Gasteiger partial charge in [0.25, 0.3) is 0 Å². The molecule has 3 aromatic heterocycles. The molecule has 30 heavy (non-hydrogen) atoms. The summed E-state index contributed by atoms with van der Waals surface area (Å²) in [4.78, 5) is 15.5. The van der Waals surface area contributed by atoms with Crippen molar-refractivity contribution in [3.05, 3.63) is 77.2 Å². The molecule has 0 radical (unpaired) electrons. The molecule has 0 bridgehead atoms. The number of benzene rings is 1. The zero-order valence-electron chi connectivity index (χ0n) is 16.3. The van der Waals surface area contributed by atoms with E-state index >= 15 is 0 Å². The second kappa shape index (κ2) is 8.51. The van der Waals surface area contributed by atoms with Crippen molar-refractivity contribution in [3.63, 3.8) is 0 Å². The van der Waals surface area contributed by atoms with Gasteiger partial charge in [0.05, 0.1) is 29.7 Å². The number of imidazole rings is 1. The highest BCUT2D eigenvalue weighted by atomic mass is 35.5. The van der Waals surface area contributed by atoms with E-state index in [-0.39, 0.29) is 6.61 Å². The molecule has 4 rings (SSSR count). The van der Waals surface area contributed by atoms with Crippen LogP contribution >= 0.6 is 11.6 Å². The van der Waals surface area contributed by atoms with Crippen LogP contribution in [-0.4, -0.2) is 27.0 Å². The molecule has 4 aromatic rings. The van der Waals surface area contributed by atoms with E-state index in [1.165, 1.54) is 12.3 Å². The zero-order chi connectivity index (χ0) is 21.1. The first kappa shape index (κ1) is 19.8. The first-order valence-corrected chi connectivity index (χ1v) is 9.50. The van der Waals surface area contributed by atoms with E-state index in [2.05, 4.69) is 19.9 Å². The highest BCUT2D eigenvalue weighted by Gasteiger charge is 2.12. The summed E-state index contributed by atoms with van der Waals surface area (Å²) in [5.41, 5.74) is 3.90. The van der Waals surface area contributed by atoms with Gasteiger partial charge in [-0.1, -0.05) is 11.6 Å². The average Bonchev–Trinajstić information content (AvgIpc) is 3.23. The minimum absolute atomic E-state index is 0.243. The van der Waals surface area contributed by atoms with Gasteiger partial charge in [0.1, 0.15) is 23.9 Å². The van der Waals surface area contributed by atoms with Crippen molar-refractivity contribution in [2.45, 2.75) is 13.5 Å². The van der Waals surface area contributed by atoms with Crippen LogP contribution in [0.25, 0.3) is 22.6 Å². The fraction of sp³-hybridized carbons (Fsp3) is 0.136. The fourth-order valence-corrected chi connectivity index (χ4v) is 3.20. The van der Waals surface area contributed by atoms with Crippen molar-refractivity contribution in [2.24, 2.45) is 0 Å². The van der Waals surface area contributed by atoms with Crippen molar-refractivity contribution in [1.29, 1.82) is 0 Å². The average molecular weight is 425 g/mol. The van der Waals surface area contributed by atoms with Gasteiger partial charge in [-0.15, -0.1) is 0 Å². The number of pyridine rings is 2. The van der Waals surface area contributed by atoms with E-state index in [1.54, 1.807) is 31.6 Å². The number of nitrogens with zero attached hydrogens (tertiary/aromatic N) is 3. The molecule has 3 heterocycles. The smallest absolute Gasteiger partial charge is 0.212 e. The summed E-state index contributed by atoms with van der Waals surface area (Å²) in [5, 5.41) is 0.568. The molecule has 0 amide bonds. The van der Waals surface area contributed by atoms with Gasteiger partial charge in [-0.25, -0.2) is 9.97 Å². The normalized spacial score (nSPS) is 10.8. The predicted molar refractivity (Wildman–Crippen MR) is 112 cm³/mol. The van der Waals surface area contributed by atoms with Gasteiger partial charge in [-0.05, 0) is 42.8 Å². The fourth-order valence-electron chi connectivity index (χ4n) is 2.92. The quantitative estimate of drug-likeness (QED) is 0.429. The molecule has 0 saturated carbocycles. The van der Waals surface area contributed by atoms with Crippen molar-refractivity contribution in [2.75, 3.05) is 7.11 Å². The largest absolute Gasteiger partial charge is 0.496 e. The molecule has 0 spiro atoms. The molecular weight excluding hydrogens is 407 g/mol. The number of halogens is 2. The van der Waals surface area contributed by atoms with E-state index < -0.39 is 5.95 Å². The number of ether oxygens (including phenoxy) is 2. The number of methoxy groups -OCH3 is 1. The predicted octanol–water partition coefficient (Wildman–Crippen LogP) is 5.22. The van der Waals surface area contributed by atoms with Crippen LogP contribution in [0.3, 0.4) is 0 Å². The van der Waals surface area contributed by atoms with E-state index in [1.807, 2.05) is 25.1 Å². The van der Waals surface area contributed by atoms with Crippen LogP contribution in [0.5, 0.6) is 11.5 Å². The number of hydrogen-bond donors (Lipinski definition) is 1. The summed E-state index contributed by atoms with van der Waals surface area (Å²) < 4.78 is 24.4. The number of aromatic nitrogens is 4. The van der Waals surface area contributed by atoms with Crippen LogP contribution < -0.4 is 9.47 Å². The molecule has 0 aliphatic carbocycles. The lowest BCUT2D eigenvalue weighted by Crippen LogP contribution is -2.00. The van der Waals surface area contributed by atoms with Crippen LogP contribution in [-0.2, 0) is 6.61 Å². The van der Waals surface area contributed by atoms with Crippen molar-refractivity contribution in [1.82, 2.24) is 19.9 Å². The van der Waals surface area contributed by atoms with Crippen molar-refractivity contribution >= 4 is 11.6 Å². The van der Waals surface area contributed by atoms with Gasteiger partial charge < -0.3 is 14.5 Å². The number of H-pyrrole nitrogens is 1. The minimum atomic E-state index is -0.537. The lowest BCUT2D eigenvalue weighted by molar-refractivity contribution is 0.299. The van der Waals surface area contributed by atoms with Gasteiger partial charge in [0.15, 0.2) is 0 Å². The maximum absolute atomic E-state index is 13.0. The molecular formula is C22H18ClFN4O2. The molecule has 0 atom stereocenters. The lowest BCUT2D eigenvalue weighted by Gasteiger charge is -2.11. The Hall–Kier alpha value is -3.45. The summed E-state index contributed by atoms with van der Waals surface area (Å²) in [7, 11) is 1.59. The second-order valence-corrected chi connectivity index (χ2v) is 7.01. The molecule has 6 nitrogen and oxygen atoms in total. The highest BCUT2D eigenvalue weighted by Crippen LogP contribution is 2.33. The molecule has 1 N–H and O–H groups in total. The van der Waals surface area contributed by atoms with Gasteiger partial charge >= 0.3 is 0 Å². The lowest BCUT2D eigenvalue weighted by atomic mass is 10.1. The number of rotatable bonds is 6. The SMILES string of the molecule is COc1cc(OCc2ncc(C)cc2Cl)ccc1-c1cnc(-c2ccc(F)nc2)[nH]1. The van der Waals surface area contributed by atoms with Crippen LogP contribution in [0.15, 0.2) is 55.0 Å². The molecule has 0 aliphatic heterocycles. The Morgan fingerprint density at radius 2 is 1.90 bits per heavy atom. The van der Waals surface area contributed by atoms with E-state index in [0.717, 1.165) is 16.8 Å². The van der Waals surface area contributed by atoms with E-state index in [0.29, 0.717) is 33.6 Å². The molecule has 152 valence electrons.